The van der Waals surface area contributed by atoms with Gasteiger partial charge in [-0.15, -0.1) is 0 Å². The van der Waals surface area contributed by atoms with Gasteiger partial charge in [-0.25, -0.2) is 8.42 Å². The van der Waals surface area contributed by atoms with Crippen LogP contribution < -0.4 is 4.72 Å². The van der Waals surface area contributed by atoms with Crippen LogP contribution in [0.2, 0.25) is 0 Å². The van der Waals surface area contributed by atoms with Crippen molar-refractivity contribution in [2.75, 3.05) is 10.5 Å². The van der Waals surface area contributed by atoms with Crippen molar-refractivity contribution in [2.45, 2.75) is 0 Å². The summed E-state index contributed by atoms with van der Waals surface area (Å²) in [5.74, 6) is -0.585. The Morgan fingerprint density at radius 3 is 3.00 bits per heavy atom. The highest BCUT2D eigenvalue weighted by Crippen LogP contribution is 2.05. The Bertz CT molecular complexity index is 375. The van der Waals surface area contributed by atoms with Gasteiger partial charge in [0.25, 0.3) is 0 Å². The smallest absolute Gasteiger partial charge is 0.246 e. The summed E-state index contributed by atoms with van der Waals surface area (Å²) in [6.07, 6.45) is 2.34. The average molecular weight is 187 g/mol. The number of nitrogens with one attached hydrogen (secondary N) is 1. The molecule has 0 atom stereocenters. The normalized spacial score (nSPS) is 10.6. The molecule has 0 radical (unpaired) electrons. The van der Waals surface area contributed by atoms with Crippen LogP contribution in [0.3, 0.4) is 0 Å². The predicted octanol–water partition coefficient (Wildman–Crippen LogP) is -0.0601. The first-order valence-electron chi connectivity index (χ1n) is 2.91. The van der Waals surface area contributed by atoms with E-state index >= 15 is 0 Å². The summed E-state index contributed by atoms with van der Waals surface area (Å²) in [5, 5.41) is 11.4. The Labute approximate surface area is 68.8 Å². The SMILES string of the molecule is N#CCS(=O)(=O)Nc1cnoc1. The summed E-state index contributed by atoms with van der Waals surface area (Å²) >= 11 is 0. The van der Waals surface area contributed by atoms with E-state index in [2.05, 4.69) is 14.4 Å². The summed E-state index contributed by atoms with van der Waals surface area (Å²) in [6, 6.07) is 1.52. The van der Waals surface area contributed by atoms with Gasteiger partial charge in [-0.3, -0.25) is 4.72 Å². The Hall–Kier alpha value is -1.55. The first-order valence-corrected chi connectivity index (χ1v) is 4.56. The topological polar surface area (TPSA) is 96.0 Å². The summed E-state index contributed by atoms with van der Waals surface area (Å²) in [6.45, 7) is 0. The monoisotopic (exact) mass is 187 g/mol. The van der Waals surface area contributed by atoms with Gasteiger partial charge in [0.15, 0.2) is 5.75 Å². The maximum absolute atomic E-state index is 10.9. The molecule has 0 amide bonds. The van der Waals surface area contributed by atoms with Crippen LogP contribution in [-0.2, 0) is 10.0 Å². The van der Waals surface area contributed by atoms with Crippen LogP contribution in [0.15, 0.2) is 17.0 Å². The fourth-order valence-electron chi connectivity index (χ4n) is 0.556. The van der Waals surface area contributed by atoms with Crippen molar-refractivity contribution in [1.29, 1.82) is 5.26 Å². The molecule has 1 rings (SSSR count). The number of hydrogen-bond donors (Lipinski definition) is 1. The van der Waals surface area contributed by atoms with Crippen molar-refractivity contribution in [3.05, 3.63) is 12.5 Å². The number of aromatic nitrogens is 1. The van der Waals surface area contributed by atoms with Crippen LogP contribution in [0, 0.1) is 11.3 Å². The molecule has 12 heavy (non-hydrogen) atoms. The number of hydrogen-bond acceptors (Lipinski definition) is 5. The summed E-state index contributed by atoms with van der Waals surface area (Å²) in [4.78, 5) is 0. The van der Waals surface area contributed by atoms with Gasteiger partial charge in [0.1, 0.15) is 12.0 Å². The van der Waals surface area contributed by atoms with Gasteiger partial charge < -0.3 is 4.52 Å². The lowest BCUT2D eigenvalue weighted by Gasteiger charge is -1.98. The number of rotatable bonds is 3. The Morgan fingerprint density at radius 2 is 2.50 bits per heavy atom. The Kier molecular flexibility index (Phi) is 2.30. The zero-order valence-corrected chi connectivity index (χ0v) is 6.71. The highest BCUT2D eigenvalue weighted by molar-refractivity contribution is 7.92. The van der Waals surface area contributed by atoms with Gasteiger partial charge in [0, 0.05) is 0 Å². The van der Waals surface area contributed by atoms with Crippen LogP contribution in [0.25, 0.3) is 0 Å². The van der Waals surface area contributed by atoms with Crippen LogP contribution in [0.5, 0.6) is 0 Å². The van der Waals surface area contributed by atoms with E-state index in [-0.39, 0.29) is 5.69 Å². The van der Waals surface area contributed by atoms with Gasteiger partial charge >= 0.3 is 0 Å². The molecule has 0 spiro atoms. The van der Waals surface area contributed by atoms with Gasteiger partial charge in [0.2, 0.25) is 10.0 Å². The predicted molar refractivity (Wildman–Crippen MR) is 39.5 cm³/mol. The lowest BCUT2D eigenvalue weighted by atomic mass is 10.6. The Morgan fingerprint density at radius 1 is 1.75 bits per heavy atom. The lowest BCUT2D eigenvalue weighted by Crippen LogP contribution is -2.14. The molecule has 0 unspecified atom stereocenters. The number of sulfonamides is 1. The highest BCUT2D eigenvalue weighted by atomic mass is 32.2. The van der Waals surface area contributed by atoms with Crippen molar-refractivity contribution in [1.82, 2.24) is 5.16 Å². The third kappa shape index (κ3) is 2.25. The fourth-order valence-corrected chi connectivity index (χ4v) is 1.26. The average Bonchev–Trinajstić information content (AvgIpc) is 2.38. The molecular formula is C5H5N3O3S. The van der Waals surface area contributed by atoms with E-state index in [0.29, 0.717) is 0 Å². The second-order valence-electron chi connectivity index (χ2n) is 1.93. The maximum atomic E-state index is 10.9. The van der Waals surface area contributed by atoms with Crippen molar-refractivity contribution in [3.63, 3.8) is 0 Å². The molecule has 0 aromatic carbocycles. The van der Waals surface area contributed by atoms with Gasteiger partial charge in [-0.05, 0) is 0 Å². The Balaban J connectivity index is 2.71. The first-order chi connectivity index (χ1) is 5.64. The summed E-state index contributed by atoms with van der Waals surface area (Å²) < 4.78 is 28.3. The first kappa shape index (κ1) is 8.55. The van der Waals surface area contributed by atoms with Crippen LogP contribution >= 0.6 is 0 Å². The molecule has 0 fully saturated rings. The van der Waals surface area contributed by atoms with E-state index in [4.69, 9.17) is 5.26 Å². The van der Waals surface area contributed by atoms with Crippen LogP contribution in [0.4, 0.5) is 5.69 Å². The molecule has 0 bridgehead atoms. The van der Waals surface area contributed by atoms with E-state index in [1.807, 2.05) is 0 Å². The minimum atomic E-state index is -3.57. The summed E-state index contributed by atoms with van der Waals surface area (Å²) in [7, 11) is -3.57. The van der Waals surface area contributed by atoms with Crippen molar-refractivity contribution < 1.29 is 12.9 Å². The molecule has 7 heteroatoms. The fraction of sp³-hybridized carbons (Fsp3) is 0.200. The van der Waals surface area contributed by atoms with E-state index < -0.39 is 15.8 Å². The van der Waals surface area contributed by atoms with Gasteiger partial charge in [-0.1, -0.05) is 5.16 Å². The molecule has 0 saturated heterocycles. The lowest BCUT2D eigenvalue weighted by molar-refractivity contribution is 0.420. The molecule has 1 aromatic heterocycles. The van der Waals surface area contributed by atoms with Crippen LogP contribution in [-0.4, -0.2) is 19.3 Å². The van der Waals surface area contributed by atoms with Gasteiger partial charge in [0.05, 0.1) is 12.3 Å². The molecule has 1 aromatic rings. The third-order valence-corrected chi connectivity index (χ3v) is 2.02. The maximum Gasteiger partial charge on any atom is 0.246 e. The minimum Gasteiger partial charge on any atom is -0.362 e. The molecule has 0 aliphatic rings. The molecule has 6 nitrogen and oxygen atoms in total. The van der Waals surface area contributed by atoms with Crippen molar-refractivity contribution in [2.24, 2.45) is 0 Å². The molecule has 1 heterocycles. The van der Waals surface area contributed by atoms with Crippen molar-refractivity contribution in [3.8, 4) is 6.07 Å². The number of anilines is 1. The van der Waals surface area contributed by atoms with E-state index in [9.17, 15) is 8.42 Å². The third-order valence-electron chi connectivity index (χ3n) is 0.960. The zero-order chi connectivity index (χ0) is 9.03. The van der Waals surface area contributed by atoms with Crippen molar-refractivity contribution >= 4 is 15.7 Å². The highest BCUT2D eigenvalue weighted by Gasteiger charge is 2.09. The molecule has 1 N–H and O–H groups in total. The van der Waals surface area contributed by atoms with Crippen LogP contribution in [0.1, 0.15) is 0 Å². The molecular weight excluding hydrogens is 182 g/mol. The van der Waals surface area contributed by atoms with E-state index in [0.717, 1.165) is 6.26 Å². The largest absolute Gasteiger partial charge is 0.362 e. The number of nitriles is 1. The van der Waals surface area contributed by atoms with E-state index in [1.165, 1.54) is 12.3 Å². The summed E-state index contributed by atoms with van der Waals surface area (Å²) in [5.41, 5.74) is 0.213. The second-order valence-corrected chi connectivity index (χ2v) is 3.65. The second kappa shape index (κ2) is 3.23. The zero-order valence-electron chi connectivity index (χ0n) is 5.89. The molecule has 0 aliphatic heterocycles. The standard InChI is InChI=1S/C5H5N3O3S/c6-1-2-12(9,10)8-5-3-7-11-4-5/h3-4,8H,2H2. The minimum absolute atomic E-state index is 0.213. The molecule has 64 valence electrons. The number of nitrogens with zero attached hydrogens (tertiary/aromatic N) is 2. The van der Waals surface area contributed by atoms with Gasteiger partial charge in [-0.2, -0.15) is 5.26 Å². The molecule has 0 aliphatic carbocycles. The molecule has 0 saturated carbocycles. The quantitative estimate of drug-likeness (QED) is 0.715. The van der Waals surface area contributed by atoms with E-state index in [1.54, 1.807) is 0 Å².